The Morgan fingerprint density at radius 1 is 1.41 bits per heavy atom. The summed E-state index contributed by atoms with van der Waals surface area (Å²) in [4.78, 5) is 6.44. The number of aromatic nitrogens is 1. The smallest absolute Gasteiger partial charge is 0.127 e. The lowest BCUT2D eigenvalue weighted by molar-refractivity contribution is 0.145. The molecule has 17 heavy (non-hydrogen) atoms. The van der Waals surface area contributed by atoms with Crippen LogP contribution in [0.4, 0.5) is 5.82 Å². The average molecular weight is 235 g/mol. The molecule has 1 saturated carbocycles. The van der Waals surface area contributed by atoms with Crippen molar-refractivity contribution in [2.24, 2.45) is 0 Å². The molecule has 2 rings (SSSR count). The van der Waals surface area contributed by atoms with Gasteiger partial charge in [-0.2, -0.15) is 0 Å². The summed E-state index contributed by atoms with van der Waals surface area (Å²) in [7, 11) is 0. The third kappa shape index (κ3) is 3.17. The summed E-state index contributed by atoms with van der Waals surface area (Å²) in [6.07, 6.45) is 6.79. The van der Waals surface area contributed by atoms with E-state index in [1.54, 1.807) is 6.20 Å². The summed E-state index contributed by atoms with van der Waals surface area (Å²) < 4.78 is 0. The minimum Gasteiger partial charge on any atom is -0.395 e. The third-order valence-electron chi connectivity index (χ3n) is 3.53. The van der Waals surface area contributed by atoms with E-state index in [2.05, 4.69) is 9.88 Å². The fourth-order valence-electron chi connectivity index (χ4n) is 2.59. The number of aliphatic hydroxyl groups excluding tert-OH is 1. The maximum Gasteiger partial charge on any atom is 0.127 e. The zero-order chi connectivity index (χ0) is 12.1. The topological polar surface area (TPSA) is 62.4 Å². The van der Waals surface area contributed by atoms with Crippen molar-refractivity contribution >= 4 is 5.82 Å². The Kier molecular flexibility index (Phi) is 4.34. The number of nitrogens with two attached hydrogens (primary N) is 1. The highest BCUT2D eigenvalue weighted by Crippen LogP contribution is 2.25. The quantitative estimate of drug-likeness (QED) is 0.810. The molecule has 0 spiro atoms. The van der Waals surface area contributed by atoms with Gasteiger partial charge in [0.2, 0.25) is 0 Å². The Bertz CT molecular complexity index is 350. The highest BCUT2D eigenvalue weighted by Gasteiger charge is 2.22. The summed E-state index contributed by atoms with van der Waals surface area (Å²) in [6.45, 7) is 1.72. The molecule has 1 fully saturated rings. The first kappa shape index (κ1) is 12.3. The van der Waals surface area contributed by atoms with Gasteiger partial charge in [-0.1, -0.05) is 18.9 Å². The van der Waals surface area contributed by atoms with Crippen LogP contribution in [0.2, 0.25) is 0 Å². The second-order valence-electron chi connectivity index (χ2n) is 4.68. The lowest BCUT2D eigenvalue weighted by Crippen LogP contribution is -2.35. The average Bonchev–Trinajstić information content (AvgIpc) is 2.85. The number of hydrogen-bond acceptors (Lipinski definition) is 4. The Labute approximate surface area is 102 Å². The van der Waals surface area contributed by atoms with Crippen LogP contribution in [0.5, 0.6) is 0 Å². The van der Waals surface area contributed by atoms with E-state index in [1.165, 1.54) is 25.7 Å². The molecule has 0 radical (unpaired) electrons. The molecule has 4 nitrogen and oxygen atoms in total. The fourth-order valence-corrected chi connectivity index (χ4v) is 2.59. The van der Waals surface area contributed by atoms with E-state index in [-0.39, 0.29) is 6.61 Å². The van der Waals surface area contributed by atoms with Crippen LogP contribution >= 0.6 is 0 Å². The minimum absolute atomic E-state index is 0.205. The van der Waals surface area contributed by atoms with E-state index in [0.717, 1.165) is 18.7 Å². The van der Waals surface area contributed by atoms with E-state index < -0.39 is 0 Å². The molecule has 0 aliphatic heterocycles. The van der Waals surface area contributed by atoms with Gasteiger partial charge in [0.25, 0.3) is 0 Å². The van der Waals surface area contributed by atoms with Gasteiger partial charge in [0, 0.05) is 30.9 Å². The van der Waals surface area contributed by atoms with E-state index in [4.69, 9.17) is 10.8 Å². The summed E-state index contributed by atoms with van der Waals surface area (Å²) in [5.74, 6) is 0.605. The molecule has 4 heteroatoms. The van der Waals surface area contributed by atoms with Crippen LogP contribution < -0.4 is 5.73 Å². The molecule has 0 bridgehead atoms. The normalized spacial score (nSPS) is 16.8. The van der Waals surface area contributed by atoms with E-state index in [9.17, 15) is 0 Å². The number of hydrogen-bond donors (Lipinski definition) is 2. The molecule has 94 valence electrons. The molecule has 0 amide bonds. The van der Waals surface area contributed by atoms with E-state index in [1.807, 2.05) is 12.1 Å². The third-order valence-corrected chi connectivity index (χ3v) is 3.53. The maximum absolute atomic E-state index is 9.16. The number of nitrogen functional groups attached to an aromatic ring is 1. The van der Waals surface area contributed by atoms with Crippen molar-refractivity contribution in [2.75, 3.05) is 18.9 Å². The molecule has 0 saturated heterocycles. The van der Waals surface area contributed by atoms with Crippen LogP contribution in [-0.2, 0) is 6.54 Å². The van der Waals surface area contributed by atoms with Crippen molar-refractivity contribution in [3.05, 3.63) is 23.9 Å². The molecular formula is C13H21N3O. The van der Waals surface area contributed by atoms with Gasteiger partial charge in [0.15, 0.2) is 0 Å². The Balaban J connectivity index is 2.04. The van der Waals surface area contributed by atoms with Crippen molar-refractivity contribution < 1.29 is 5.11 Å². The Morgan fingerprint density at radius 3 is 2.82 bits per heavy atom. The number of pyridine rings is 1. The zero-order valence-electron chi connectivity index (χ0n) is 10.2. The molecule has 0 unspecified atom stereocenters. The van der Waals surface area contributed by atoms with Crippen molar-refractivity contribution in [2.45, 2.75) is 38.3 Å². The van der Waals surface area contributed by atoms with Crippen LogP contribution in [0.15, 0.2) is 18.3 Å². The van der Waals surface area contributed by atoms with Gasteiger partial charge in [0.1, 0.15) is 5.82 Å². The van der Waals surface area contributed by atoms with Gasteiger partial charge in [0.05, 0.1) is 6.61 Å². The van der Waals surface area contributed by atoms with Crippen molar-refractivity contribution in [3.8, 4) is 0 Å². The molecule has 0 atom stereocenters. The van der Waals surface area contributed by atoms with Gasteiger partial charge >= 0.3 is 0 Å². The molecule has 3 N–H and O–H groups in total. The highest BCUT2D eigenvalue weighted by atomic mass is 16.3. The van der Waals surface area contributed by atoms with E-state index >= 15 is 0 Å². The van der Waals surface area contributed by atoms with Gasteiger partial charge in [-0.3, -0.25) is 4.90 Å². The first-order valence-electron chi connectivity index (χ1n) is 6.35. The summed E-state index contributed by atoms with van der Waals surface area (Å²) >= 11 is 0. The number of aliphatic hydroxyl groups is 1. The lowest BCUT2D eigenvalue weighted by atomic mass is 10.1. The zero-order valence-corrected chi connectivity index (χ0v) is 10.2. The SMILES string of the molecule is Nc1ncccc1CN(CCO)C1CCCC1. The summed E-state index contributed by atoms with van der Waals surface area (Å²) in [5.41, 5.74) is 6.93. The van der Waals surface area contributed by atoms with Gasteiger partial charge in [-0.15, -0.1) is 0 Å². The highest BCUT2D eigenvalue weighted by molar-refractivity contribution is 5.38. The standard InChI is InChI=1S/C13H21N3O/c14-13-11(4-3-7-15-13)10-16(8-9-17)12-5-1-2-6-12/h3-4,7,12,17H,1-2,5-6,8-10H2,(H2,14,15). The minimum atomic E-state index is 0.205. The second kappa shape index (κ2) is 5.98. The van der Waals surface area contributed by atoms with Crippen LogP contribution in [-0.4, -0.2) is 34.2 Å². The van der Waals surface area contributed by atoms with Crippen LogP contribution in [0.25, 0.3) is 0 Å². The fraction of sp³-hybridized carbons (Fsp3) is 0.615. The summed E-state index contributed by atoms with van der Waals surface area (Å²) in [6, 6.07) is 4.53. The van der Waals surface area contributed by atoms with Crippen LogP contribution in [0.1, 0.15) is 31.2 Å². The van der Waals surface area contributed by atoms with Crippen LogP contribution in [0.3, 0.4) is 0 Å². The van der Waals surface area contributed by atoms with E-state index in [0.29, 0.717) is 11.9 Å². The van der Waals surface area contributed by atoms with Crippen LogP contribution in [0, 0.1) is 0 Å². The molecule has 0 aromatic carbocycles. The van der Waals surface area contributed by atoms with Crippen molar-refractivity contribution in [3.63, 3.8) is 0 Å². The molecule has 1 aromatic heterocycles. The second-order valence-corrected chi connectivity index (χ2v) is 4.68. The van der Waals surface area contributed by atoms with Gasteiger partial charge in [-0.25, -0.2) is 4.98 Å². The van der Waals surface area contributed by atoms with Gasteiger partial charge in [-0.05, 0) is 18.9 Å². The predicted octanol–water partition coefficient (Wildman–Crippen LogP) is 1.40. The maximum atomic E-state index is 9.16. The first-order valence-corrected chi connectivity index (χ1v) is 6.35. The Morgan fingerprint density at radius 2 is 2.18 bits per heavy atom. The molecule has 1 aromatic rings. The number of anilines is 1. The Hall–Kier alpha value is -1.13. The monoisotopic (exact) mass is 235 g/mol. The molecular weight excluding hydrogens is 214 g/mol. The number of nitrogens with zero attached hydrogens (tertiary/aromatic N) is 2. The van der Waals surface area contributed by atoms with Crippen molar-refractivity contribution in [1.82, 2.24) is 9.88 Å². The lowest BCUT2D eigenvalue weighted by Gasteiger charge is -2.28. The summed E-state index contributed by atoms with van der Waals surface area (Å²) in [5, 5.41) is 9.16. The molecule has 1 aliphatic carbocycles. The largest absolute Gasteiger partial charge is 0.395 e. The molecule has 1 aliphatic rings. The van der Waals surface area contributed by atoms with Crippen molar-refractivity contribution in [1.29, 1.82) is 0 Å². The molecule has 1 heterocycles. The first-order chi connectivity index (χ1) is 8.31. The predicted molar refractivity (Wildman–Crippen MR) is 68.4 cm³/mol. The van der Waals surface area contributed by atoms with Gasteiger partial charge < -0.3 is 10.8 Å². The number of rotatable bonds is 5.